The lowest BCUT2D eigenvalue weighted by Crippen LogP contribution is -2.54. The van der Waals surface area contributed by atoms with Crippen LogP contribution >= 0.6 is 0 Å². The van der Waals surface area contributed by atoms with E-state index in [0.717, 1.165) is 38.5 Å². The maximum absolute atomic E-state index is 10.4. The number of furan rings is 1. The molecule has 0 atom stereocenters. The van der Waals surface area contributed by atoms with Crippen LogP contribution < -0.4 is 9.75 Å². The van der Waals surface area contributed by atoms with Gasteiger partial charge in [0.1, 0.15) is 18.2 Å². The SMILES string of the molecule is [2H]C([2H])([2H])c1cc(-c2c(C)ccc3c2oc2c(-c4ccc([Si](C)(C5CCCCC5)C5CCCCC5)cc4)c(C#N)ccc23)[n+](C)cc1C([2H])([2H])[2H]. The summed E-state index contributed by atoms with van der Waals surface area (Å²) in [6.45, 7) is -0.614. The van der Waals surface area contributed by atoms with Gasteiger partial charge in [-0.1, -0.05) is 112 Å². The minimum absolute atomic E-state index is 0.196. The Bertz CT molecular complexity index is 2130. The molecule has 2 aliphatic carbocycles. The number of aryl methyl sites for hydroxylation is 4. The highest BCUT2D eigenvalue weighted by molar-refractivity contribution is 6.93. The molecule has 0 spiro atoms. The van der Waals surface area contributed by atoms with Gasteiger partial charge in [0.2, 0.25) is 5.69 Å². The van der Waals surface area contributed by atoms with Gasteiger partial charge in [-0.15, -0.1) is 0 Å². The first-order chi connectivity index (χ1) is 24.2. The Morgan fingerprint density at radius 3 is 1.98 bits per heavy atom. The Morgan fingerprint density at radius 1 is 0.778 bits per heavy atom. The molecule has 2 aliphatic rings. The second-order valence-corrected chi connectivity index (χ2v) is 18.6. The van der Waals surface area contributed by atoms with Crippen LogP contribution in [0.2, 0.25) is 17.6 Å². The van der Waals surface area contributed by atoms with Crippen molar-refractivity contribution >= 4 is 35.2 Å². The molecule has 2 saturated carbocycles. The molecule has 0 saturated heterocycles. The Labute approximate surface area is 278 Å². The lowest BCUT2D eigenvalue weighted by Gasteiger charge is -2.46. The van der Waals surface area contributed by atoms with Crippen molar-refractivity contribution in [2.45, 2.75) is 102 Å². The lowest BCUT2D eigenvalue weighted by molar-refractivity contribution is -0.660. The molecule has 2 aromatic heterocycles. The van der Waals surface area contributed by atoms with Crippen LogP contribution in [0.15, 0.2) is 65.2 Å². The number of fused-ring (bicyclic) bond motifs is 3. The number of pyridine rings is 1. The topological polar surface area (TPSA) is 40.8 Å². The van der Waals surface area contributed by atoms with Crippen molar-refractivity contribution in [1.82, 2.24) is 0 Å². The molecule has 3 nitrogen and oxygen atoms in total. The monoisotopic (exact) mass is 617 g/mol. The number of hydrogen-bond donors (Lipinski definition) is 0. The molecular formula is C41H47N2OSi+. The largest absolute Gasteiger partial charge is 0.454 e. The van der Waals surface area contributed by atoms with E-state index in [-0.39, 0.29) is 11.1 Å². The number of hydrogen-bond acceptors (Lipinski definition) is 2. The molecule has 0 radical (unpaired) electrons. The number of aromatic nitrogens is 1. The fourth-order valence-electron chi connectivity index (χ4n) is 8.80. The summed E-state index contributed by atoms with van der Waals surface area (Å²) < 4.78 is 57.1. The second-order valence-electron chi connectivity index (χ2n) is 13.8. The molecule has 0 bridgehead atoms. The second kappa shape index (κ2) is 11.9. The number of benzene rings is 3. The van der Waals surface area contributed by atoms with E-state index in [1.807, 2.05) is 31.2 Å². The lowest BCUT2D eigenvalue weighted by atomic mass is 9.96. The molecule has 0 amide bonds. The molecule has 230 valence electrons. The zero-order chi connectivity index (χ0) is 36.3. The van der Waals surface area contributed by atoms with Gasteiger partial charge in [0, 0.05) is 36.2 Å². The van der Waals surface area contributed by atoms with E-state index in [2.05, 4.69) is 36.9 Å². The fourth-order valence-corrected chi connectivity index (χ4v) is 14.5. The predicted octanol–water partition coefficient (Wildman–Crippen LogP) is 10.5. The predicted molar refractivity (Wildman–Crippen MR) is 190 cm³/mol. The molecule has 45 heavy (non-hydrogen) atoms. The van der Waals surface area contributed by atoms with Crippen LogP contribution in [0.4, 0.5) is 0 Å². The maximum Gasteiger partial charge on any atom is 0.216 e. The maximum atomic E-state index is 10.4. The van der Waals surface area contributed by atoms with Gasteiger partial charge in [-0.3, -0.25) is 0 Å². The molecular weight excluding hydrogens is 565 g/mol. The minimum atomic E-state index is -2.63. The van der Waals surface area contributed by atoms with Gasteiger partial charge in [-0.25, -0.2) is 4.57 Å². The van der Waals surface area contributed by atoms with Gasteiger partial charge in [-0.05, 0) is 60.5 Å². The van der Waals surface area contributed by atoms with Crippen LogP contribution in [-0.4, -0.2) is 8.07 Å². The summed E-state index contributed by atoms with van der Waals surface area (Å²) >= 11 is 0. The van der Waals surface area contributed by atoms with Crippen molar-refractivity contribution in [1.29, 1.82) is 5.26 Å². The standard InChI is InChI=1S/C41H47N2OSi/c1-27-16-22-35-36-23-19-31(25-42)39(41(36)44-40(35)38(27)37-24-28(2)29(3)26-43(37)4)30-17-20-34(21-18-30)45(5,32-12-8-6-9-13-32)33-14-10-7-11-15-33/h16-24,26,32-33H,6-15H2,1-5H3/q+1/i2D3,3D3. The van der Waals surface area contributed by atoms with Crippen molar-refractivity contribution in [2.75, 3.05) is 0 Å². The van der Waals surface area contributed by atoms with Crippen molar-refractivity contribution in [2.24, 2.45) is 7.05 Å². The third kappa shape index (κ3) is 5.05. The van der Waals surface area contributed by atoms with Crippen LogP contribution in [0, 0.1) is 32.0 Å². The summed E-state index contributed by atoms with van der Waals surface area (Å²) in [5.74, 6) is 0. The summed E-state index contributed by atoms with van der Waals surface area (Å²) in [5, 5.41) is 13.6. The third-order valence-corrected chi connectivity index (χ3v) is 17.5. The molecule has 0 N–H and O–H groups in total. The zero-order valence-electron chi connectivity index (χ0n) is 32.8. The molecule has 2 fully saturated rings. The number of nitriles is 1. The third-order valence-electron chi connectivity index (χ3n) is 11.4. The first-order valence-corrected chi connectivity index (χ1v) is 19.4. The molecule has 5 aromatic rings. The van der Waals surface area contributed by atoms with Crippen LogP contribution in [0.1, 0.15) is 94.7 Å². The quantitative estimate of drug-likeness (QED) is 0.145. The summed E-state index contributed by atoms with van der Waals surface area (Å²) in [6, 6.07) is 20.8. The van der Waals surface area contributed by atoms with Gasteiger partial charge in [-0.2, -0.15) is 5.26 Å². The summed E-state index contributed by atoms with van der Waals surface area (Å²) in [5.41, 5.74) is 6.74. The van der Waals surface area contributed by atoms with Crippen molar-refractivity contribution < 1.29 is 17.2 Å². The van der Waals surface area contributed by atoms with E-state index in [4.69, 9.17) is 12.6 Å². The Kier molecular flexibility index (Phi) is 6.26. The highest BCUT2D eigenvalue weighted by Crippen LogP contribution is 2.48. The van der Waals surface area contributed by atoms with Crippen LogP contribution in [0.5, 0.6) is 0 Å². The van der Waals surface area contributed by atoms with Gasteiger partial charge in [0.05, 0.1) is 25.3 Å². The molecule has 3 aromatic carbocycles. The fraction of sp³-hybridized carbons (Fsp3) is 0.415. The van der Waals surface area contributed by atoms with Crippen LogP contribution in [0.3, 0.4) is 0 Å². The van der Waals surface area contributed by atoms with Crippen LogP contribution in [-0.2, 0) is 7.05 Å². The molecule has 2 heterocycles. The Balaban J connectivity index is 1.39. The molecule has 7 rings (SSSR count). The first kappa shape index (κ1) is 23.6. The minimum Gasteiger partial charge on any atom is -0.454 e. The highest BCUT2D eigenvalue weighted by Gasteiger charge is 2.45. The normalized spacial score (nSPS) is 19.3. The van der Waals surface area contributed by atoms with Crippen molar-refractivity contribution in [3.8, 4) is 28.5 Å². The Morgan fingerprint density at radius 2 is 1.38 bits per heavy atom. The average molecular weight is 618 g/mol. The summed E-state index contributed by atoms with van der Waals surface area (Å²) in [6.07, 6.45) is 14.9. The van der Waals surface area contributed by atoms with Gasteiger partial charge in [0.15, 0.2) is 6.20 Å². The van der Waals surface area contributed by atoms with Gasteiger partial charge < -0.3 is 4.42 Å². The molecule has 4 heteroatoms. The van der Waals surface area contributed by atoms with E-state index in [1.165, 1.54) is 81.7 Å². The number of nitrogens with zero attached hydrogens (tertiary/aromatic N) is 2. The first-order valence-electron chi connectivity index (χ1n) is 19.8. The van der Waals surface area contributed by atoms with Crippen molar-refractivity contribution in [3.05, 3.63) is 83.0 Å². The molecule has 0 unspecified atom stereocenters. The van der Waals surface area contributed by atoms with Gasteiger partial charge >= 0.3 is 0 Å². The van der Waals surface area contributed by atoms with E-state index in [0.29, 0.717) is 28.0 Å². The smallest absolute Gasteiger partial charge is 0.216 e. The average Bonchev–Trinajstić information content (AvgIpc) is 3.49. The zero-order valence-corrected chi connectivity index (χ0v) is 27.8. The highest BCUT2D eigenvalue weighted by atomic mass is 28.3. The van der Waals surface area contributed by atoms with E-state index < -0.39 is 21.8 Å². The Hall–Kier alpha value is -3.68. The van der Waals surface area contributed by atoms with Crippen molar-refractivity contribution in [3.63, 3.8) is 0 Å². The van der Waals surface area contributed by atoms with Gasteiger partial charge in [0.25, 0.3) is 0 Å². The van der Waals surface area contributed by atoms with E-state index in [9.17, 15) is 5.26 Å². The summed E-state index contributed by atoms with van der Waals surface area (Å²) in [4.78, 5) is 0. The van der Waals surface area contributed by atoms with Crippen LogP contribution in [0.25, 0.3) is 44.3 Å². The number of rotatable bonds is 5. The summed E-state index contributed by atoms with van der Waals surface area (Å²) in [7, 11) is -0.0772. The van der Waals surface area contributed by atoms with E-state index >= 15 is 0 Å². The van der Waals surface area contributed by atoms with E-state index in [1.54, 1.807) is 11.6 Å². The molecule has 0 aliphatic heterocycles.